The molecule has 14 nitrogen and oxygen atoms in total. The van der Waals surface area contributed by atoms with Crippen molar-refractivity contribution in [2.24, 2.45) is 22.9 Å². The fraction of sp³-hybridized carbons (Fsp3) is 0.826. The molecule has 1 heterocycles. The molecular formula is C23H42N4O10. The Kier molecular flexibility index (Phi) is 10.2. The summed E-state index contributed by atoms with van der Waals surface area (Å²) in [5, 5.41) is 0. The maximum absolute atomic E-state index is 12.8. The molecule has 5 atom stereocenters. The highest BCUT2D eigenvalue weighted by molar-refractivity contribution is 5.82. The molecule has 1 aliphatic heterocycles. The van der Waals surface area contributed by atoms with Crippen molar-refractivity contribution in [3.8, 4) is 0 Å². The molecule has 0 saturated carbocycles. The summed E-state index contributed by atoms with van der Waals surface area (Å²) in [5.41, 5.74) is 17.7. The van der Waals surface area contributed by atoms with Crippen LogP contribution in [-0.2, 0) is 47.6 Å². The summed E-state index contributed by atoms with van der Waals surface area (Å²) in [7, 11) is 1.24. The summed E-state index contributed by atoms with van der Waals surface area (Å²) < 4.78 is 33.2. The van der Waals surface area contributed by atoms with E-state index in [1.54, 1.807) is 0 Å². The Hall–Kier alpha value is -2.36. The van der Waals surface area contributed by atoms with Gasteiger partial charge < -0.3 is 51.4 Å². The Morgan fingerprint density at radius 2 is 0.973 bits per heavy atom. The molecular weight excluding hydrogens is 492 g/mol. The summed E-state index contributed by atoms with van der Waals surface area (Å²) in [4.78, 5) is 50.6. The van der Waals surface area contributed by atoms with Gasteiger partial charge in [-0.3, -0.25) is 19.2 Å². The van der Waals surface area contributed by atoms with Crippen molar-refractivity contribution in [2.75, 3.05) is 13.7 Å². The molecule has 8 N–H and O–H groups in total. The number of carbonyl (C=O) groups excluding carboxylic acids is 4. The van der Waals surface area contributed by atoms with Gasteiger partial charge in [0, 0.05) is 7.11 Å². The zero-order valence-corrected chi connectivity index (χ0v) is 23.0. The van der Waals surface area contributed by atoms with Crippen LogP contribution in [0.5, 0.6) is 0 Å². The van der Waals surface area contributed by atoms with Crippen molar-refractivity contribution >= 4 is 23.9 Å². The monoisotopic (exact) mass is 534 g/mol. The summed E-state index contributed by atoms with van der Waals surface area (Å²) in [6.07, 6.45) is -7.10. The molecule has 0 aromatic heterocycles. The Morgan fingerprint density at radius 3 is 1.32 bits per heavy atom. The van der Waals surface area contributed by atoms with Gasteiger partial charge in [0.1, 0.15) is 34.9 Å². The van der Waals surface area contributed by atoms with Gasteiger partial charge in [0.25, 0.3) is 0 Å². The predicted octanol–water partition coefficient (Wildman–Crippen LogP) is -1.41. The van der Waals surface area contributed by atoms with E-state index in [0.717, 1.165) is 0 Å². The van der Waals surface area contributed by atoms with Gasteiger partial charge in [-0.1, -0.05) is 0 Å². The van der Waals surface area contributed by atoms with E-state index in [1.165, 1.54) is 62.5 Å². The number of methoxy groups -OCH3 is 1. The first kappa shape index (κ1) is 32.7. The minimum Gasteiger partial charge on any atom is -0.461 e. The third-order valence-electron chi connectivity index (χ3n) is 5.04. The van der Waals surface area contributed by atoms with E-state index in [2.05, 4.69) is 0 Å². The lowest BCUT2D eigenvalue weighted by Gasteiger charge is -2.45. The van der Waals surface area contributed by atoms with Crippen molar-refractivity contribution in [3.63, 3.8) is 0 Å². The lowest BCUT2D eigenvalue weighted by molar-refractivity contribution is -0.305. The van der Waals surface area contributed by atoms with Gasteiger partial charge >= 0.3 is 23.9 Å². The summed E-state index contributed by atoms with van der Waals surface area (Å²) in [6.45, 7) is 10.7. The van der Waals surface area contributed by atoms with Gasteiger partial charge in [0.15, 0.2) is 24.6 Å². The van der Waals surface area contributed by atoms with Gasteiger partial charge in [0.05, 0.1) is 0 Å². The normalized spacial score (nSPS) is 25.2. The molecule has 37 heavy (non-hydrogen) atoms. The topological polar surface area (TPSA) is 228 Å². The molecule has 1 aliphatic rings. The van der Waals surface area contributed by atoms with E-state index in [9.17, 15) is 19.2 Å². The van der Waals surface area contributed by atoms with Crippen molar-refractivity contribution in [2.45, 2.75) is 108 Å². The van der Waals surface area contributed by atoms with Crippen molar-refractivity contribution in [3.05, 3.63) is 0 Å². The van der Waals surface area contributed by atoms with Gasteiger partial charge in [-0.15, -0.1) is 0 Å². The second-order valence-electron chi connectivity index (χ2n) is 11.4. The van der Waals surface area contributed by atoms with E-state index in [1.807, 2.05) is 0 Å². The number of nitrogens with two attached hydrogens (primary N) is 4. The molecule has 214 valence electrons. The molecule has 0 bridgehead atoms. The molecule has 1 fully saturated rings. The minimum atomic E-state index is -1.53. The minimum absolute atomic E-state index is 0.495. The number of ether oxygens (including phenoxy) is 6. The molecule has 0 radical (unpaired) electrons. The number of rotatable bonds is 10. The first-order valence-electron chi connectivity index (χ1n) is 11.6. The molecule has 0 aliphatic carbocycles. The average Bonchev–Trinajstić information content (AvgIpc) is 2.71. The summed E-state index contributed by atoms with van der Waals surface area (Å²) in [5.74, 6) is -3.52. The number of hydrogen-bond donors (Lipinski definition) is 4. The molecule has 0 aromatic rings. The van der Waals surface area contributed by atoms with E-state index in [-0.39, 0.29) is 0 Å². The highest BCUT2D eigenvalue weighted by atomic mass is 16.7. The average molecular weight is 535 g/mol. The second kappa shape index (κ2) is 11.6. The zero-order chi connectivity index (χ0) is 29.1. The van der Waals surface area contributed by atoms with Crippen LogP contribution in [0.2, 0.25) is 0 Å². The molecule has 0 unspecified atom stereocenters. The SMILES string of the molecule is CO[C@H]1O[C@H](COC(=O)C(C)(C)N)[C@H](OC(=O)C(C)(C)N)[C@H](OC(=O)C(C)(C)N)[C@H]1OC(=O)C(C)(C)N. The number of carbonyl (C=O) groups is 4. The molecule has 0 amide bonds. The van der Waals surface area contributed by atoms with Crippen LogP contribution in [0.3, 0.4) is 0 Å². The largest absolute Gasteiger partial charge is 0.461 e. The van der Waals surface area contributed by atoms with Crippen LogP contribution in [0, 0.1) is 0 Å². The fourth-order valence-electron chi connectivity index (χ4n) is 2.77. The maximum atomic E-state index is 12.8. The van der Waals surface area contributed by atoms with Crippen molar-refractivity contribution in [1.29, 1.82) is 0 Å². The zero-order valence-electron chi connectivity index (χ0n) is 23.0. The van der Waals surface area contributed by atoms with Gasteiger partial charge in [-0.25, -0.2) is 0 Å². The van der Waals surface area contributed by atoms with E-state index in [4.69, 9.17) is 51.4 Å². The molecule has 0 spiro atoms. The molecule has 0 aromatic carbocycles. The molecule has 1 saturated heterocycles. The van der Waals surface area contributed by atoms with Crippen LogP contribution >= 0.6 is 0 Å². The Balaban J connectivity index is 3.58. The summed E-state index contributed by atoms with van der Waals surface area (Å²) >= 11 is 0. The van der Waals surface area contributed by atoms with E-state index >= 15 is 0 Å². The third-order valence-corrected chi connectivity index (χ3v) is 5.04. The third kappa shape index (κ3) is 9.16. The van der Waals surface area contributed by atoms with Crippen molar-refractivity contribution < 1.29 is 47.6 Å². The standard InChI is InChI=1S/C23H42N4O10/c1-20(2,24)16(28)33-10-11-12(35-17(29)21(3,4)25)13(36-18(30)22(5,6)26)14(15(32-9)34-11)37-19(31)23(7,8)27/h11-15H,10,24-27H2,1-9H3/t11-,12+,13+,14-,15+/m1/s1. The van der Waals surface area contributed by atoms with Crippen LogP contribution < -0.4 is 22.9 Å². The predicted molar refractivity (Wildman–Crippen MR) is 129 cm³/mol. The van der Waals surface area contributed by atoms with E-state index < -0.39 is 83.3 Å². The number of esters is 4. The van der Waals surface area contributed by atoms with E-state index in [0.29, 0.717) is 0 Å². The van der Waals surface area contributed by atoms with Crippen LogP contribution in [0.25, 0.3) is 0 Å². The lowest BCUT2D eigenvalue weighted by atomic mass is 9.96. The number of hydrogen-bond acceptors (Lipinski definition) is 14. The van der Waals surface area contributed by atoms with Gasteiger partial charge in [-0.2, -0.15) is 0 Å². The molecule has 1 rings (SSSR count). The Morgan fingerprint density at radius 1 is 0.622 bits per heavy atom. The Bertz CT molecular complexity index is 852. The highest BCUT2D eigenvalue weighted by Crippen LogP contribution is 2.31. The van der Waals surface area contributed by atoms with Crippen LogP contribution in [0.4, 0.5) is 0 Å². The molecule has 14 heteroatoms. The van der Waals surface area contributed by atoms with Gasteiger partial charge in [-0.05, 0) is 55.4 Å². The van der Waals surface area contributed by atoms with Gasteiger partial charge in [0.2, 0.25) is 0 Å². The van der Waals surface area contributed by atoms with Crippen molar-refractivity contribution in [1.82, 2.24) is 0 Å². The second-order valence-corrected chi connectivity index (χ2v) is 11.4. The summed E-state index contributed by atoms with van der Waals surface area (Å²) in [6, 6.07) is 0. The Labute approximate surface area is 216 Å². The van der Waals surface area contributed by atoms with Crippen LogP contribution in [-0.4, -0.2) is 90.5 Å². The van der Waals surface area contributed by atoms with Crippen LogP contribution in [0.1, 0.15) is 55.4 Å². The first-order chi connectivity index (χ1) is 16.5. The quantitative estimate of drug-likeness (QED) is 0.186. The first-order valence-corrected chi connectivity index (χ1v) is 11.6. The maximum Gasteiger partial charge on any atom is 0.326 e. The smallest absolute Gasteiger partial charge is 0.326 e. The van der Waals surface area contributed by atoms with Crippen LogP contribution in [0.15, 0.2) is 0 Å². The lowest BCUT2D eigenvalue weighted by Crippen LogP contribution is -2.65. The fourth-order valence-corrected chi connectivity index (χ4v) is 2.77. The highest BCUT2D eigenvalue weighted by Gasteiger charge is 2.55.